The van der Waals surface area contributed by atoms with Crippen molar-refractivity contribution < 1.29 is 4.79 Å². The fourth-order valence-corrected chi connectivity index (χ4v) is 3.69. The van der Waals surface area contributed by atoms with E-state index in [-0.39, 0.29) is 11.2 Å². The molecule has 0 aliphatic carbocycles. The molecule has 1 amide bonds. The van der Waals surface area contributed by atoms with Gasteiger partial charge in [-0.2, -0.15) is 0 Å². The van der Waals surface area contributed by atoms with Crippen LogP contribution in [0, 0.1) is 6.92 Å². The maximum absolute atomic E-state index is 11.9. The van der Waals surface area contributed by atoms with Crippen LogP contribution in [0.1, 0.15) is 25.8 Å². The van der Waals surface area contributed by atoms with Gasteiger partial charge >= 0.3 is 0 Å². The molecular weight excluding hydrogens is 316 g/mol. The Morgan fingerprint density at radius 3 is 2.95 bits per heavy atom. The zero-order chi connectivity index (χ0) is 15.9. The van der Waals surface area contributed by atoms with E-state index in [1.54, 1.807) is 0 Å². The van der Waals surface area contributed by atoms with Crippen LogP contribution in [-0.2, 0) is 4.79 Å². The summed E-state index contributed by atoms with van der Waals surface area (Å²) in [5, 5.41) is 14.9. The summed E-state index contributed by atoms with van der Waals surface area (Å²) < 4.78 is 0.786. The van der Waals surface area contributed by atoms with E-state index < -0.39 is 0 Å². The number of thioether (sulfide) groups is 1. The van der Waals surface area contributed by atoms with Gasteiger partial charge in [0.05, 0.1) is 5.25 Å². The number of aromatic nitrogens is 2. The van der Waals surface area contributed by atoms with E-state index in [0.29, 0.717) is 6.54 Å². The average Bonchev–Trinajstić information content (AvgIpc) is 2.91. The molecule has 1 aromatic carbocycles. The molecule has 1 aromatic heterocycles. The minimum atomic E-state index is -0.175. The third kappa shape index (κ3) is 4.99. The monoisotopic (exact) mass is 336 g/mol. The Hall–Kier alpha value is -1.60. The molecule has 2 aromatic rings. The Labute approximate surface area is 138 Å². The van der Waals surface area contributed by atoms with Crippen LogP contribution in [0.25, 0.3) is 0 Å². The SMILES string of the molecule is CCCNC(=O)C(C)Sc1nnc(Nc2cccc(C)c2)s1. The Balaban J connectivity index is 1.92. The Bertz CT molecular complexity index is 630. The van der Waals surface area contributed by atoms with E-state index in [2.05, 4.69) is 26.9 Å². The Kier molecular flexibility index (Phi) is 6.21. The molecule has 5 nitrogen and oxygen atoms in total. The van der Waals surface area contributed by atoms with Crippen molar-refractivity contribution in [1.29, 1.82) is 0 Å². The van der Waals surface area contributed by atoms with E-state index in [0.717, 1.165) is 21.6 Å². The number of hydrogen-bond acceptors (Lipinski definition) is 6. The summed E-state index contributed by atoms with van der Waals surface area (Å²) in [4.78, 5) is 11.9. The second-order valence-electron chi connectivity index (χ2n) is 4.92. The van der Waals surface area contributed by atoms with Gasteiger partial charge in [-0.1, -0.05) is 42.2 Å². The highest BCUT2D eigenvalue weighted by molar-refractivity contribution is 8.02. The lowest BCUT2D eigenvalue weighted by atomic mass is 10.2. The van der Waals surface area contributed by atoms with Crippen LogP contribution in [0.3, 0.4) is 0 Å². The fraction of sp³-hybridized carbons (Fsp3) is 0.400. The number of benzene rings is 1. The first-order chi connectivity index (χ1) is 10.6. The summed E-state index contributed by atoms with van der Waals surface area (Å²) in [6.07, 6.45) is 0.937. The highest BCUT2D eigenvalue weighted by Crippen LogP contribution is 2.30. The van der Waals surface area contributed by atoms with Crippen LogP contribution in [0.15, 0.2) is 28.6 Å². The minimum Gasteiger partial charge on any atom is -0.355 e. The predicted octanol–water partition coefficient (Wildman–Crippen LogP) is 3.60. The molecule has 22 heavy (non-hydrogen) atoms. The molecule has 1 atom stereocenters. The average molecular weight is 336 g/mol. The van der Waals surface area contributed by atoms with Gasteiger partial charge in [0.25, 0.3) is 0 Å². The number of aryl methyl sites for hydroxylation is 1. The van der Waals surface area contributed by atoms with Gasteiger partial charge in [-0.15, -0.1) is 10.2 Å². The normalized spacial score (nSPS) is 12.0. The first-order valence-corrected chi connectivity index (χ1v) is 8.89. The third-order valence-electron chi connectivity index (χ3n) is 2.87. The van der Waals surface area contributed by atoms with E-state index in [1.165, 1.54) is 28.7 Å². The van der Waals surface area contributed by atoms with Crippen LogP contribution in [-0.4, -0.2) is 27.9 Å². The summed E-state index contributed by atoms with van der Waals surface area (Å²) in [5.74, 6) is 0.0373. The second kappa shape index (κ2) is 8.14. The first-order valence-electron chi connectivity index (χ1n) is 7.20. The summed E-state index contributed by atoms with van der Waals surface area (Å²) in [6, 6.07) is 8.08. The number of amides is 1. The van der Waals surface area contributed by atoms with Crippen LogP contribution in [0.4, 0.5) is 10.8 Å². The van der Waals surface area contributed by atoms with Crippen LogP contribution >= 0.6 is 23.1 Å². The Morgan fingerprint density at radius 1 is 1.41 bits per heavy atom. The zero-order valence-corrected chi connectivity index (χ0v) is 14.6. The topological polar surface area (TPSA) is 66.9 Å². The molecule has 0 saturated carbocycles. The lowest BCUT2D eigenvalue weighted by Gasteiger charge is -2.08. The highest BCUT2D eigenvalue weighted by Gasteiger charge is 2.16. The number of nitrogens with zero attached hydrogens (tertiary/aromatic N) is 2. The quantitative estimate of drug-likeness (QED) is 0.756. The molecule has 2 rings (SSSR count). The first kappa shape index (κ1) is 16.8. The fourth-order valence-electron chi connectivity index (χ4n) is 1.75. The van der Waals surface area contributed by atoms with Gasteiger partial charge in [0.15, 0.2) is 4.34 Å². The van der Waals surface area contributed by atoms with Crippen LogP contribution in [0.2, 0.25) is 0 Å². The number of hydrogen-bond donors (Lipinski definition) is 2. The maximum atomic E-state index is 11.9. The molecule has 7 heteroatoms. The molecule has 0 spiro atoms. The molecule has 118 valence electrons. The highest BCUT2D eigenvalue weighted by atomic mass is 32.2. The molecule has 0 aliphatic heterocycles. The lowest BCUT2D eigenvalue weighted by molar-refractivity contribution is -0.120. The van der Waals surface area contributed by atoms with Crippen molar-refractivity contribution in [3.8, 4) is 0 Å². The van der Waals surface area contributed by atoms with Crippen molar-refractivity contribution in [2.24, 2.45) is 0 Å². The van der Waals surface area contributed by atoms with Crippen molar-refractivity contribution >= 4 is 39.8 Å². The van der Waals surface area contributed by atoms with E-state index in [4.69, 9.17) is 0 Å². The van der Waals surface area contributed by atoms with E-state index >= 15 is 0 Å². The standard InChI is InChI=1S/C15H20N4OS2/c1-4-8-16-13(20)11(3)21-15-19-18-14(22-15)17-12-7-5-6-10(2)9-12/h5-7,9,11H,4,8H2,1-3H3,(H,16,20)(H,17,18). The molecule has 0 radical (unpaired) electrons. The van der Waals surface area contributed by atoms with Crippen LogP contribution < -0.4 is 10.6 Å². The predicted molar refractivity (Wildman–Crippen MR) is 93.0 cm³/mol. The Morgan fingerprint density at radius 2 is 2.23 bits per heavy atom. The van der Waals surface area contributed by atoms with Gasteiger partial charge in [0.1, 0.15) is 0 Å². The summed E-state index contributed by atoms with van der Waals surface area (Å²) in [6.45, 7) is 6.67. The van der Waals surface area contributed by atoms with Crippen molar-refractivity contribution in [2.75, 3.05) is 11.9 Å². The number of carbonyl (C=O) groups is 1. The van der Waals surface area contributed by atoms with Gasteiger partial charge in [-0.05, 0) is 38.0 Å². The molecule has 0 bridgehead atoms. The number of anilines is 2. The van der Waals surface area contributed by atoms with Gasteiger partial charge in [0, 0.05) is 12.2 Å². The largest absolute Gasteiger partial charge is 0.355 e. The maximum Gasteiger partial charge on any atom is 0.233 e. The van der Waals surface area contributed by atoms with E-state index in [1.807, 2.05) is 39.0 Å². The minimum absolute atomic E-state index is 0.0373. The lowest BCUT2D eigenvalue weighted by Crippen LogP contribution is -2.31. The molecule has 2 N–H and O–H groups in total. The molecule has 1 unspecified atom stereocenters. The third-order valence-corrected chi connectivity index (χ3v) is 4.89. The molecular formula is C15H20N4OS2. The summed E-state index contributed by atoms with van der Waals surface area (Å²) in [5.41, 5.74) is 2.17. The van der Waals surface area contributed by atoms with Crippen molar-refractivity contribution in [2.45, 2.75) is 36.8 Å². The van der Waals surface area contributed by atoms with Crippen molar-refractivity contribution in [3.05, 3.63) is 29.8 Å². The van der Waals surface area contributed by atoms with Crippen molar-refractivity contribution in [1.82, 2.24) is 15.5 Å². The molecule has 0 saturated heterocycles. The number of rotatable bonds is 7. The van der Waals surface area contributed by atoms with Gasteiger partial charge < -0.3 is 10.6 Å². The zero-order valence-electron chi connectivity index (χ0n) is 12.9. The second-order valence-corrected chi connectivity index (χ2v) is 7.48. The molecule has 0 aliphatic rings. The number of carbonyl (C=O) groups excluding carboxylic acids is 1. The smallest absolute Gasteiger partial charge is 0.233 e. The van der Waals surface area contributed by atoms with Crippen molar-refractivity contribution in [3.63, 3.8) is 0 Å². The molecule has 1 heterocycles. The van der Waals surface area contributed by atoms with Gasteiger partial charge in [-0.3, -0.25) is 4.79 Å². The van der Waals surface area contributed by atoms with Crippen LogP contribution in [0.5, 0.6) is 0 Å². The summed E-state index contributed by atoms with van der Waals surface area (Å²) in [7, 11) is 0. The van der Waals surface area contributed by atoms with E-state index in [9.17, 15) is 4.79 Å². The molecule has 0 fully saturated rings. The summed E-state index contributed by atoms with van der Waals surface area (Å²) >= 11 is 2.88. The van der Waals surface area contributed by atoms with Gasteiger partial charge in [0.2, 0.25) is 11.0 Å². The van der Waals surface area contributed by atoms with Gasteiger partial charge in [-0.25, -0.2) is 0 Å². The number of nitrogens with one attached hydrogen (secondary N) is 2.